The number of benzene rings is 2. The van der Waals surface area contributed by atoms with Crippen molar-refractivity contribution in [2.75, 3.05) is 104 Å². The first kappa shape index (κ1) is 82.0. The van der Waals surface area contributed by atoms with Crippen LogP contribution in [0.15, 0.2) is 91.1 Å². The molecule has 7 N–H and O–H groups in total. The summed E-state index contributed by atoms with van der Waals surface area (Å²) in [5, 5.41) is 27.1. The van der Waals surface area contributed by atoms with Crippen LogP contribution in [0.4, 0.5) is 10.5 Å². The number of ether oxygens (including phenoxy) is 12. The minimum absolute atomic E-state index is 0.00946. The van der Waals surface area contributed by atoms with E-state index in [-0.39, 0.29) is 170 Å². The summed E-state index contributed by atoms with van der Waals surface area (Å²) in [5.74, 6) is -5.43. The summed E-state index contributed by atoms with van der Waals surface area (Å²) in [6.45, 7) is 11.2. The number of hydrogen-bond acceptors (Lipinski definition) is 24. The molecule has 0 saturated carbocycles. The van der Waals surface area contributed by atoms with E-state index in [1.807, 2.05) is 0 Å². The molecule has 11 saturated heterocycles. The van der Waals surface area contributed by atoms with Crippen LogP contribution in [0.5, 0.6) is 0 Å². The fraction of sp³-hybridized carbons (Fsp3) is 0.650. The molecule has 0 aromatic heterocycles. The predicted octanol–water partition coefficient (Wildman–Crippen LogP) is 1.91. The normalized spacial score (nSPS) is 32.7. The summed E-state index contributed by atoms with van der Waals surface area (Å²) >= 11 is 0. The number of hydrogen-bond donors (Lipinski definition) is 7. The number of aliphatic hydroxyl groups excluding tert-OH is 1. The molecule has 32 nitrogen and oxygen atoms in total. The zero-order chi connectivity index (χ0) is 78.6. The average molecular weight is 1560 g/mol. The fourth-order valence-corrected chi connectivity index (χ4v) is 17.4. The van der Waals surface area contributed by atoms with Crippen LogP contribution >= 0.6 is 0 Å². The Morgan fingerprint density at radius 2 is 1.32 bits per heavy atom. The number of methoxy groups -OCH3 is 1. The van der Waals surface area contributed by atoms with Crippen molar-refractivity contribution in [3.05, 3.63) is 102 Å². The molecular weight excluding hydrogens is 1450 g/mol. The molecule has 32 heteroatoms. The van der Waals surface area contributed by atoms with Crippen molar-refractivity contribution in [1.29, 1.82) is 0 Å². The van der Waals surface area contributed by atoms with Gasteiger partial charge in [0.2, 0.25) is 35.4 Å². The van der Waals surface area contributed by atoms with Gasteiger partial charge < -0.3 is 98.7 Å². The third-order valence-corrected chi connectivity index (χ3v) is 23.3. The molecule has 12 bridgehead atoms. The first-order valence-corrected chi connectivity index (χ1v) is 39.6. The predicted molar refractivity (Wildman–Crippen MR) is 397 cm³/mol. The highest BCUT2D eigenvalue weighted by Crippen LogP contribution is 2.55. The van der Waals surface area contributed by atoms with Crippen LogP contribution in [0, 0.1) is 11.8 Å². The second kappa shape index (κ2) is 38.0. The first-order valence-electron chi connectivity index (χ1n) is 39.6. The number of aliphatic hydroxyl groups is 1. The van der Waals surface area contributed by atoms with Crippen LogP contribution in [0.3, 0.4) is 0 Å². The molecule has 2 unspecified atom stereocenters. The van der Waals surface area contributed by atoms with E-state index in [2.05, 4.69) is 52.0 Å². The topological polar surface area (TPSA) is 384 Å². The second-order valence-electron chi connectivity index (χ2n) is 31.3. The maximum atomic E-state index is 14.6. The number of carbonyl (C=O) groups excluding carboxylic acids is 10. The van der Waals surface area contributed by atoms with Crippen molar-refractivity contribution in [3.63, 3.8) is 0 Å². The minimum atomic E-state index is -1.16. The lowest BCUT2D eigenvalue weighted by atomic mass is 9.81. The van der Waals surface area contributed by atoms with E-state index < -0.39 is 128 Å². The minimum Gasteiger partial charge on any atom is -0.445 e. The number of amides is 9. The molecule has 12 heterocycles. The summed E-state index contributed by atoms with van der Waals surface area (Å²) in [5.41, 5.74) is 3.68. The number of nitrogens with one attached hydrogen (secondary N) is 6. The van der Waals surface area contributed by atoms with E-state index in [1.54, 1.807) is 71.5 Å². The smallest absolute Gasteiger partial charge is 0.407 e. The number of ketones is 1. The lowest BCUT2D eigenvalue weighted by molar-refractivity contribution is -0.292. The molecule has 112 heavy (non-hydrogen) atoms. The lowest BCUT2D eigenvalue weighted by Crippen LogP contribution is -2.61. The first-order chi connectivity index (χ1) is 54.1. The van der Waals surface area contributed by atoms with E-state index in [9.17, 15) is 53.1 Å². The fourth-order valence-electron chi connectivity index (χ4n) is 17.4. The summed E-state index contributed by atoms with van der Waals surface area (Å²) < 4.78 is 77.9. The largest absolute Gasteiger partial charge is 0.445 e. The van der Waals surface area contributed by atoms with Gasteiger partial charge in [-0.05, 0) is 85.3 Å². The molecule has 2 aromatic carbocycles. The highest BCUT2D eigenvalue weighted by Gasteiger charge is 2.69. The van der Waals surface area contributed by atoms with Crippen molar-refractivity contribution < 1.29 is 110 Å². The van der Waals surface area contributed by atoms with Crippen molar-refractivity contribution in [2.24, 2.45) is 11.8 Å². The molecule has 1 spiro atoms. The number of alkyl carbamates (subject to hydrolysis) is 1. The molecule has 11 fully saturated rings. The second-order valence-corrected chi connectivity index (χ2v) is 31.3. The molecule has 2 aromatic rings. The van der Waals surface area contributed by atoms with Gasteiger partial charge in [0.15, 0.2) is 5.79 Å². The van der Waals surface area contributed by atoms with Crippen LogP contribution in [-0.4, -0.2) is 287 Å². The van der Waals surface area contributed by atoms with E-state index in [4.69, 9.17) is 56.8 Å². The molecule has 9 amide bonds. The number of carbonyl (C=O) groups is 10. The van der Waals surface area contributed by atoms with Crippen molar-refractivity contribution >= 4 is 64.8 Å². The van der Waals surface area contributed by atoms with Crippen molar-refractivity contribution in [2.45, 2.75) is 219 Å². The number of nitrogens with zero attached hydrogens (tertiary/aromatic N) is 3. The highest BCUT2D eigenvalue weighted by molar-refractivity contribution is 6.13. The monoisotopic (exact) mass is 1560 g/mol. The van der Waals surface area contributed by atoms with Crippen LogP contribution in [0.2, 0.25) is 0 Å². The Hall–Kier alpha value is -7.96. The van der Waals surface area contributed by atoms with E-state index in [1.165, 1.54) is 12.2 Å². The lowest BCUT2D eigenvalue weighted by Gasteiger charge is -2.47. The van der Waals surface area contributed by atoms with Gasteiger partial charge in [-0.3, -0.25) is 53.0 Å². The van der Waals surface area contributed by atoms with Gasteiger partial charge in [0.05, 0.1) is 120 Å². The van der Waals surface area contributed by atoms with Crippen LogP contribution < -0.4 is 31.9 Å². The maximum absolute atomic E-state index is 14.6. The SMILES string of the molecule is C=C1C[C@@H]2CC[C@@]34C[C@H]5OC6C(O[C@H]7CC[C@H](CC(=O)C[C@@H]8[C@@H](OC)[C@@H](C[C@H](O)CNC(=O)OCc9ccc(NC(=O)CNC(=O)[C@H](Cc%10ccccc%10)NC(=O)CNC(=O)CNC(=O)CN%10CCOCCN(C(=O)CCN%11C(=O)C=CC%11=O)CCOCC%10)cc9)O[C@H]8C[C@H]8O[C@@H](CC[C@@H]1O2)C[C@@H](C)C8=C)O[C@@H]7[C@@H]6O3)[C@H]5O4. The molecule has 0 radical (unpaired) electrons. The quantitative estimate of drug-likeness (QED) is 0.0617. The number of fused-ring (bicyclic) bond motifs is 6. The van der Waals surface area contributed by atoms with Gasteiger partial charge in [-0.1, -0.05) is 62.5 Å². The Bertz CT molecular complexity index is 3730. The summed E-state index contributed by atoms with van der Waals surface area (Å²) in [6, 6.07) is 14.2. The van der Waals surface area contributed by atoms with E-state index in [0.29, 0.717) is 62.0 Å². The van der Waals surface area contributed by atoms with Crippen molar-refractivity contribution in [3.8, 4) is 0 Å². The van der Waals surface area contributed by atoms with Crippen LogP contribution in [0.25, 0.3) is 0 Å². The summed E-state index contributed by atoms with van der Waals surface area (Å²) in [6.07, 6.45) is 2.67. The van der Waals surface area contributed by atoms with Gasteiger partial charge in [0, 0.05) is 122 Å². The third kappa shape index (κ3) is 21.1. The van der Waals surface area contributed by atoms with Gasteiger partial charge in [0.25, 0.3) is 11.8 Å². The van der Waals surface area contributed by atoms with E-state index in [0.717, 1.165) is 48.2 Å². The van der Waals surface area contributed by atoms with Gasteiger partial charge in [-0.15, -0.1) is 0 Å². The molecule has 14 rings (SSSR count). The summed E-state index contributed by atoms with van der Waals surface area (Å²) in [7, 11) is 1.58. The molecule has 12 aliphatic rings. The Kier molecular flexibility index (Phi) is 27.8. The third-order valence-electron chi connectivity index (χ3n) is 23.3. The zero-order valence-corrected chi connectivity index (χ0v) is 63.7. The Morgan fingerprint density at radius 3 is 2.08 bits per heavy atom. The van der Waals surface area contributed by atoms with Gasteiger partial charge >= 0.3 is 6.09 Å². The van der Waals surface area contributed by atoms with Crippen molar-refractivity contribution in [1.82, 2.24) is 41.3 Å². The number of anilines is 1. The molecule has 12 aliphatic heterocycles. The maximum Gasteiger partial charge on any atom is 0.407 e. The average Bonchev–Trinajstić information content (AvgIpc) is 1.55. The molecule has 0 aliphatic carbocycles. The standard InChI is InChI=1S/C80H107N9O23/c1-46-32-54-14-16-59-47(2)33-56(105-59)20-22-80-39-64-74(111-80)75-76(110-64)77(112-80)73-60(109-75)17-15-55(107-73)35-52(90)36-57-62(38-61(106-54)48(46)3)108-63(72(57)101-4)37-53(91)40-84-79(100)104-45-50-10-12-51(13-11-50)85-66(93)43-83-78(99)58(34-49-8-6-5-7-9-49)86-67(94)42-81-65(92)41-82-68(95)44-87-24-28-102-30-26-88(27-31-103-29-25-87)69(96)21-23-89-70(97)18-19-71(89)98/h5-13,18-19,46,53-64,72-77,91H,2-3,14-17,20-45H2,1,4H3,(H,81,92)(H,82,95)(H,83,99)(H,84,100)(H,85,93)(H,86,94)/t46-,53+,54+,55-,56+,57+,58+,59+,60+,61-,62+,63-,64-,72-,73+,74+,75?,76?,77+,80+/m1/s1. The summed E-state index contributed by atoms with van der Waals surface area (Å²) in [4.78, 5) is 135. The number of rotatable bonds is 23. The number of imide groups is 1. The van der Waals surface area contributed by atoms with Gasteiger partial charge in [-0.25, -0.2) is 4.79 Å². The molecule has 20 atom stereocenters. The Labute approximate surface area is 651 Å². The number of Topliss-reactive ketones (excluding diaryl/α,β-unsaturated/α-hetero) is 1. The molecule has 610 valence electrons. The Morgan fingerprint density at radius 1 is 0.643 bits per heavy atom. The van der Waals surface area contributed by atoms with E-state index >= 15 is 0 Å². The van der Waals surface area contributed by atoms with Crippen LogP contribution in [0.1, 0.15) is 108 Å². The van der Waals surface area contributed by atoms with Crippen LogP contribution in [-0.2, 0) is 113 Å². The highest BCUT2D eigenvalue weighted by atomic mass is 16.8. The molecular formula is C80H107N9O23. The van der Waals surface area contributed by atoms with Gasteiger partial charge in [0.1, 0.15) is 49.0 Å². The Balaban J connectivity index is 0.535. The zero-order valence-electron chi connectivity index (χ0n) is 63.7. The van der Waals surface area contributed by atoms with Gasteiger partial charge in [-0.2, -0.15) is 0 Å².